The van der Waals surface area contributed by atoms with Crippen molar-refractivity contribution in [2.24, 2.45) is 0 Å². The summed E-state index contributed by atoms with van der Waals surface area (Å²) >= 11 is 3.54. The molecule has 104 valence electrons. The van der Waals surface area contributed by atoms with Crippen LogP contribution in [0.1, 0.15) is 31.2 Å². The number of hydrogen-bond donors (Lipinski definition) is 1. The third-order valence-corrected chi connectivity index (χ3v) is 4.14. The highest BCUT2D eigenvalue weighted by molar-refractivity contribution is 9.10. The number of rotatable bonds is 5. The van der Waals surface area contributed by atoms with Gasteiger partial charge < -0.3 is 14.8 Å². The van der Waals surface area contributed by atoms with E-state index < -0.39 is 0 Å². The molecule has 0 bridgehead atoms. The van der Waals surface area contributed by atoms with Crippen LogP contribution in [0.5, 0.6) is 5.75 Å². The molecular formula is C15H20BrNO2. The maximum atomic E-state index is 6.15. The van der Waals surface area contributed by atoms with E-state index in [9.17, 15) is 0 Å². The van der Waals surface area contributed by atoms with E-state index in [1.165, 1.54) is 18.4 Å². The van der Waals surface area contributed by atoms with Crippen molar-refractivity contribution in [3.05, 3.63) is 28.2 Å². The van der Waals surface area contributed by atoms with Crippen LogP contribution in [-0.4, -0.2) is 25.4 Å². The van der Waals surface area contributed by atoms with E-state index in [2.05, 4.69) is 39.4 Å². The summed E-state index contributed by atoms with van der Waals surface area (Å²) in [7, 11) is 0. The molecule has 0 aromatic heterocycles. The molecule has 0 unspecified atom stereocenters. The van der Waals surface area contributed by atoms with Crippen LogP contribution < -0.4 is 10.1 Å². The molecule has 1 saturated carbocycles. The van der Waals surface area contributed by atoms with Crippen molar-refractivity contribution in [3.8, 4) is 5.75 Å². The minimum absolute atomic E-state index is 0.301. The Morgan fingerprint density at radius 1 is 1.21 bits per heavy atom. The normalized spacial score (nSPS) is 20.5. The molecule has 1 aromatic rings. The Morgan fingerprint density at radius 2 is 2.00 bits per heavy atom. The van der Waals surface area contributed by atoms with Gasteiger partial charge in [0, 0.05) is 35.5 Å². The predicted octanol–water partition coefficient (Wildman–Crippen LogP) is 3.26. The van der Waals surface area contributed by atoms with Crippen molar-refractivity contribution in [1.29, 1.82) is 0 Å². The van der Waals surface area contributed by atoms with E-state index in [-0.39, 0.29) is 0 Å². The fraction of sp³-hybridized carbons (Fsp3) is 0.600. The van der Waals surface area contributed by atoms with Gasteiger partial charge in [-0.3, -0.25) is 0 Å². The van der Waals surface area contributed by atoms with Crippen LogP contribution in [0.4, 0.5) is 0 Å². The zero-order valence-corrected chi connectivity index (χ0v) is 12.6. The van der Waals surface area contributed by atoms with Gasteiger partial charge in [-0.25, -0.2) is 0 Å². The van der Waals surface area contributed by atoms with Crippen LogP contribution in [0.3, 0.4) is 0 Å². The fourth-order valence-electron chi connectivity index (χ4n) is 2.32. The lowest BCUT2D eigenvalue weighted by molar-refractivity contribution is 0.0251. The molecule has 3 nitrogen and oxygen atoms in total. The molecule has 2 fully saturated rings. The SMILES string of the molecule is Brc1ccc(OC2CCOCC2)c(CNC2CC2)c1. The molecule has 1 saturated heterocycles. The Bertz CT molecular complexity index is 428. The first-order chi connectivity index (χ1) is 9.31. The van der Waals surface area contributed by atoms with Crippen LogP contribution in [-0.2, 0) is 11.3 Å². The first-order valence-corrected chi connectivity index (χ1v) is 7.87. The number of ether oxygens (including phenoxy) is 2. The zero-order valence-electron chi connectivity index (χ0n) is 11.0. The molecule has 0 amide bonds. The lowest BCUT2D eigenvalue weighted by Gasteiger charge is -2.24. The van der Waals surface area contributed by atoms with Crippen LogP contribution in [0.2, 0.25) is 0 Å². The Hall–Kier alpha value is -0.580. The number of nitrogens with one attached hydrogen (secondary N) is 1. The standard InChI is InChI=1S/C15H20BrNO2/c16-12-1-4-15(19-14-5-7-18-8-6-14)11(9-12)10-17-13-2-3-13/h1,4,9,13-14,17H,2-3,5-8,10H2. The highest BCUT2D eigenvalue weighted by Crippen LogP contribution is 2.27. The summed E-state index contributed by atoms with van der Waals surface area (Å²) in [6.07, 6.45) is 4.90. The van der Waals surface area contributed by atoms with Crippen LogP contribution in [0, 0.1) is 0 Å². The van der Waals surface area contributed by atoms with Crippen molar-refractivity contribution in [1.82, 2.24) is 5.32 Å². The van der Waals surface area contributed by atoms with Crippen molar-refractivity contribution >= 4 is 15.9 Å². The van der Waals surface area contributed by atoms with E-state index in [0.717, 1.165) is 48.9 Å². The molecule has 1 heterocycles. The lowest BCUT2D eigenvalue weighted by atomic mass is 10.1. The van der Waals surface area contributed by atoms with Gasteiger partial charge in [0.05, 0.1) is 13.2 Å². The molecule has 0 radical (unpaired) electrons. The van der Waals surface area contributed by atoms with Crippen molar-refractivity contribution < 1.29 is 9.47 Å². The Kier molecular flexibility index (Phi) is 4.41. The van der Waals surface area contributed by atoms with E-state index in [0.29, 0.717) is 6.10 Å². The Morgan fingerprint density at radius 3 is 2.74 bits per heavy atom. The summed E-state index contributed by atoms with van der Waals surface area (Å²) < 4.78 is 12.6. The molecule has 1 aromatic carbocycles. The molecule has 19 heavy (non-hydrogen) atoms. The van der Waals surface area contributed by atoms with Gasteiger partial charge in [0.25, 0.3) is 0 Å². The minimum atomic E-state index is 0.301. The monoisotopic (exact) mass is 325 g/mol. The van der Waals surface area contributed by atoms with Gasteiger partial charge in [0.15, 0.2) is 0 Å². The van der Waals surface area contributed by atoms with Crippen molar-refractivity contribution in [2.75, 3.05) is 13.2 Å². The summed E-state index contributed by atoms with van der Waals surface area (Å²) in [6.45, 7) is 2.52. The van der Waals surface area contributed by atoms with E-state index >= 15 is 0 Å². The summed E-state index contributed by atoms with van der Waals surface area (Å²) in [5.74, 6) is 1.02. The summed E-state index contributed by atoms with van der Waals surface area (Å²) in [4.78, 5) is 0. The number of halogens is 1. The molecule has 0 spiro atoms. The molecule has 0 atom stereocenters. The molecule has 1 N–H and O–H groups in total. The van der Waals surface area contributed by atoms with Gasteiger partial charge in [-0.15, -0.1) is 0 Å². The highest BCUT2D eigenvalue weighted by Gasteiger charge is 2.21. The van der Waals surface area contributed by atoms with E-state index in [1.807, 2.05) is 0 Å². The number of benzene rings is 1. The molecule has 1 aliphatic heterocycles. The van der Waals surface area contributed by atoms with Gasteiger partial charge in [0.1, 0.15) is 11.9 Å². The van der Waals surface area contributed by atoms with Crippen LogP contribution in [0.25, 0.3) is 0 Å². The van der Waals surface area contributed by atoms with Gasteiger partial charge in [-0.05, 0) is 31.0 Å². The maximum Gasteiger partial charge on any atom is 0.124 e. The molecule has 4 heteroatoms. The maximum absolute atomic E-state index is 6.15. The first kappa shape index (κ1) is 13.4. The lowest BCUT2D eigenvalue weighted by Crippen LogP contribution is -2.26. The highest BCUT2D eigenvalue weighted by atomic mass is 79.9. The van der Waals surface area contributed by atoms with E-state index in [4.69, 9.17) is 9.47 Å². The number of hydrogen-bond acceptors (Lipinski definition) is 3. The summed E-state index contributed by atoms with van der Waals surface area (Å²) in [6, 6.07) is 7.00. The molecule has 3 rings (SSSR count). The second-order valence-corrected chi connectivity index (χ2v) is 6.25. The molecule has 1 aliphatic carbocycles. The summed E-state index contributed by atoms with van der Waals surface area (Å²) in [5, 5.41) is 3.55. The Balaban J connectivity index is 1.66. The molecule has 2 aliphatic rings. The molecular weight excluding hydrogens is 306 g/mol. The van der Waals surface area contributed by atoms with Crippen LogP contribution in [0.15, 0.2) is 22.7 Å². The zero-order chi connectivity index (χ0) is 13.1. The summed E-state index contributed by atoms with van der Waals surface area (Å²) in [5.41, 5.74) is 1.24. The smallest absolute Gasteiger partial charge is 0.124 e. The van der Waals surface area contributed by atoms with Gasteiger partial charge >= 0.3 is 0 Å². The van der Waals surface area contributed by atoms with Crippen molar-refractivity contribution in [2.45, 2.75) is 44.4 Å². The van der Waals surface area contributed by atoms with Gasteiger partial charge in [0.2, 0.25) is 0 Å². The second kappa shape index (κ2) is 6.25. The van der Waals surface area contributed by atoms with Crippen LogP contribution >= 0.6 is 15.9 Å². The van der Waals surface area contributed by atoms with Crippen molar-refractivity contribution in [3.63, 3.8) is 0 Å². The van der Waals surface area contributed by atoms with Gasteiger partial charge in [-0.1, -0.05) is 15.9 Å². The third-order valence-electron chi connectivity index (χ3n) is 3.64. The average molecular weight is 326 g/mol. The Labute approximate surface area is 122 Å². The average Bonchev–Trinajstić information content (AvgIpc) is 3.24. The predicted molar refractivity (Wildman–Crippen MR) is 78.5 cm³/mol. The fourth-order valence-corrected chi connectivity index (χ4v) is 2.72. The van der Waals surface area contributed by atoms with Gasteiger partial charge in [-0.2, -0.15) is 0 Å². The third kappa shape index (κ3) is 3.94. The largest absolute Gasteiger partial charge is 0.490 e. The van der Waals surface area contributed by atoms with E-state index in [1.54, 1.807) is 0 Å². The minimum Gasteiger partial charge on any atom is -0.490 e. The topological polar surface area (TPSA) is 30.5 Å². The quantitative estimate of drug-likeness (QED) is 0.901. The second-order valence-electron chi connectivity index (χ2n) is 5.34. The first-order valence-electron chi connectivity index (χ1n) is 7.07.